The maximum atomic E-state index is 13.7. The molecule has 0 spiro atoms. The number of benzene rings is 2. The maximum absolute atomic E-state index is 13.7. The van der Waals surface area contributed by atoms with E-state index in [0.717, 1.165) is 10.9 Å². The third-order valence-electron chi connectivity index (χ3n) is 4.84. The number of ether oxygens (including phenoxy) is 1. The van der Waals surface area contributed by atoms with Gasteiger partial charge in [-0.3, -0.25) is 4.79 Å². The third-order valence-corrected chi connectivity index (χ3v) is 4.84. The molecule has 3 N–H and O–H groups in total. The summed E-state index contributed by atoms with van der Waals surface area (Å²) in [6.45, 7) is 0. The lowest BCUT2D eigenvalue weighted by atomic mass is 10.0. The summed E-state index contributed by atoms with van der Waals surface area (Å²) < 4.78 is 21.2. The highest BCUT2D eigenvalue weighted by Crippen LogP contribution is 2.40. The Morgan fingerprint density at radius 1 is 1.00 bits per heavy atom. The molecule has 0 aliphatic carbocycles. The van der Waals surface area contributed by atoms with Crippen LogP contribution in [0, 0.1) is 5.82 Å². The molecule has 7 nitrogen and oxygen atoms in total. The van der Waals surface area contributed by atoms with Gasteiger partial charge >= 0.3 is 5.69 Å². The fourth-order valence-corrected chi connectivity index (χ4v) is 3.53. The molecule has 0 atom stereocenters. The molecule has 8 heteroatoms. The van der Waals surface area contributed by atoms with E-state index < -0.39 is 5.82 Å². The number of H-pyrrole nitrogens is 3. The molecule has 0 radical (unpaired) electrons. The van der Waals surface area contributed by atoms with Crippen molar-refractivity contribution in [3.8, 4) is 22.6 Å². The van der Waals surface area contributed by atoms with Gasteiger partial charge in [0.15, 0.2) is 5.75 Å². The van der Waals surface area contributed by atoms with Crippen molar-refractivity contribution >= 4 is 21.9 Å². The highest BCUT2D eigenvalue weighted by atomic mass is 19.1. The van der Waals surface area contributed by atoms with Gasteiger partial charge in [-0.1, -0.05) is 6.07 Å². The number of aromatic amines is 3. The van der Waals surface area contributed by atoms with Crippen LogP contribution in [0.15, 0.2) is 64.4 Å². The largest absolute Gasteiger partial charge is 0.454 e. The van der Waals surface area contributed by atoms with Crippen LogP contribution in [0.1, 0.15) is 0 Å². The van der Waals surface area contributed by atoms with Crippen molar-refractivity contribution in [2.24, 2.45) is 7.05 Å². The molecule has 2 aromatic carbocycles. The van der Waals surface area contributed by atoms with E-state index in [0.29, 0.717) is 27.9 Å². The summed E-state index contributed by atoms with van der Waals surface area (Å²) in [7, 11) is 1.66. The van der Waals surface area contributed by atoms with Gasteiger partial charge in [0.25, 0.3) is 5.56 Å². The Bertz CT molecular complexity index is 1510. The average Bonchev–Trinajstić information content (AvgIpc) is 3.32. The Morgan fingerprint density at radius 3 is 2.69 bits per heavy atom. The number of nitrogens with zero attached hydrogens (tertiary/aromatic N) is 1. The number of rotatable bonds is 3. The molecule has 0 saturated carbocycles. The van der Waals surface area contributed by atoms with Gasteiger partial charge in [-0.15, -0.1) is 0 Å². The van der Waals surface area contributed by atoms with Gasteiger partial charge in [0.2, 0.25) is 0 Å². The molecule has 0 saturated heterocycles. The van der Waals surface area contributed by atoms with Crippen LogP contribution >= 0.6 is 0 Å². The monoisotopic (exact) mass is 390 g/mol. The van der Waals surface area contributed by atoms with Crippen molar-refractivity contribution in [1.29, 1.82) is 0 Å². The maximum Gasteiger partial charge on any atom is 0.323 e. The molecule has 3 heterocycles. The van der Waals surface area contributed by atoms with E-state index in [-0.39, 0.29) is 17.0 Å². The van der Waals surface area contributed by atoms with Gasteiger partial charge in [-0.25, -0.2) is 9.18 Å². The average molecular weight is 390 g/mol. The standard InChI is InChI=1S/C21H15FN4O3/c1-26-10-15(13-7-8-23-17(13)20(26)27)14-5-6-16-18(25-21(28)24-16)19(14)29-12-4-2-3-11(22)9-12/h2-10,23H,1H3,(H2,24,25,28). The Hall–Kier alpha value is -4.07. The van der Waals surface area contributed by atoms with Crippen LogP contribution in [0.3, 0.4) is 0 Å². The number of nitrogens with one attached hydrogen (secondary N) is 3. The number of fused-ring (bicyclic) bond motifs is 2. The topological polar surface area (TPSA) is 95.7 Å². The van der Waals surface area contributed by atoms with E-state index in [1.54, 1.807) is 43.7 Å². The summed E-state index contributed by atoms with van der Waals surface area (Å²) in [4.78, 5) is 32.7. The summed E-state index contributed by atoms with van der Waals surface area (Å²) in [5.74, 6) is 0.206. The lowest BCUT2D eigenvalue weighted by Crippen LogP contribution is -2.16. The summed E-state index contributed by atoms with van der Waals surface area (Å²) in [6.07, 6.45) is 3.40. The zero-order valence-corrected chi connectivity index (χ0v) is 15.2. The first kappa shape index (κ1) is 17.1. The molecule has 0 fully saturated rings. The molecular formula is C21H15FN4O3. The molecule has 3 aromatic heterocycles. The number of hydrogen-bond acceptors (Lipinski definition) is 3. The van der Waals surface area contributed by atoms with Crippen LogP contribution in [0.2, 0.25) is 0 Å². The summed E-state index contributed by atoms with van der Waals surface area (Å²) in [5, 5.41) is 0.717. The van der Waals surface area contributed by atoms with E-state index in [2.05, 4.69) is 15.0 Å². The van der Waals surface area contributed by atoms with Crippen LogP contribution in [0.4, 0.5) is 4.39 Å². The van der Waals surface area contributed by atoms with Gasteiger partial charge < -0.3 is 24.3 Å². The SMILES string of the molecule is Cn1cc(-c2ccc3[nH]c(=O)[nH]c3c2Oc2cccc(F)c2)c2cc[nH]c2c1=O. The second-order valence-electron chi connectivity index (χ2n) is 6.73. The van der Waals surface area contributed by atoms with Crippen LogP contribution < -0.4 is 16.0 Å². The Kier molecular flexibility index (Phi) is 3.67. The number of aromatic nitrogens is 4. The molecule has 0 aliphatic rings. The molecule has 0 bridgehead atoms. The van der Waals surface area contributed by atoms with Crippen molar-refractivity contribution in [3.63, 3.8) is 0 Å². The molecule has 29 heavy (non-hydrogen) atoms. The molecule has 5 rings (SSSR count). The van der Waals surface area contributed by atoms with Crippen LogP contribution in [0.5, 0.6) is 11.5 Å². The first-order valence-electron chi connectivity index (χ1n) is 8.87. The highest BCUT2D eigenvalue weighted by molar-refractivity contribution is 6.00. The number of aryl methyl sites for hydroxylation is 1. The van der Waals surface area contributed by atoms with E-state index in [9.17, 15) is 14.0 Å². The lowest BCUT2D eigenvalue weighted by Gasteiger charge is -2.14. The van der Waals surface area contributed by atoms with Crippen molar-refractivity contribution in [1.82, 2.24) is 19.5 Å². The van der Waals surface area contributed by atoms with E-state index >= 15 is 0 Å². The predicted octanol–water partition coefficient (Wildman–Crippen LogP) is 3.63. The quantitative estimate of drug-likeness (QED) is 0.439. The second-order valence-corrected chi connectivity index (χ2v) is 6.73. The minimum atomic E-state index is -0.436. The van der Waals surface area contributed by atoms with Gasteiger partial charge in [-0.05, 0) is 30.3 Å². The molecule has 144 valence electrons. The van der Waals surface area contributed by atoms with E-state index in [1.165, 1.54) is 16.7 Å². The molecule has 0 unspecified atom stereocenters. The Morgan fingerprint density at radius 2 is 1.86 bits per heavy atom. The molecule has 0 aliphatic heterocycles. The van der Waals surface area contributed by atoms with Gasteiger partial charge in [0, 0.05) is 42.0 Å². The van der Waals surface area contributed by atoms with E-state index in [1.807, 2.05) is 6.07 Å². The molecule has 0 amide bonds. The summed E-state index contributed by atoms with van der Waals surface area (Å²) >= 11 is 0. The van der Waals surface area contributed by atoms with Crippen molar-refractivity contribution < 1.29 is 9.13 Å². The van der Waals surface area contributed by atoms with Crippen LogP contribution in [-0.4, -0.2) is 19.5 Å². The summed E-state index contributed by atoms with van der Waals surface area (Å²) in [5.41, 5.74) is 2.32. The summed E-state index contributed by atoms with van der Waals surface area (Å²) in [6, 6.07) is 11.1. The number of halogens is 1. The first-order valence-corrected chi connectivity index (χ1v) is 8.87. The second kappa shape index (κ2) is 6.23. The minimum Gasteiger partial charge on any atom is -0.454 e. The molecule has 5 aromatic rings. The van der Waals surface area contributed by atoms with Gasteiger partial charge in [-0.2, -0.15) is 0 Å². The molecular weight excluding hydrogens is 375 g/mol. The van der Waals surface area contributed by atoms with Gasteiger partial charge in [0.1, 0.15) is 22.6 Å². The normalized spacial score (nSPS) is 11.4. The number of hydrogen-bond donors (Lipinski definition) is 3. The number of pyridine rings is 1. The van der Waals surface area contributed by atoms with Crippen molar-refractivity contribution in [2.45, 2.75) is 0 Å². The Labute approximate surface area is 162 Å². The van der Waals surface area contributed by atoms with Crippen LogP contribution in [-0.2, 0) is 7.05 Å². The fraction of sp³-hybridized carbons (Fsp3) is 0.0476. The smallest absolute Gasteiger partial charge is 0.323 e. The van der Waals surface area contributed by atoms with Crippen LogP contribution in [0.25, 0.3) is 33.1 Å². The van der Waals surface area contributed by atoms with Gasteiger partial charge in [0.05, 0.1) is 5.52 Å². The minimum absolute atomic E-state index is 0.155. The lowest BCUT2D eigenvalue weighted by molar-refractivity contribution is 0.482. The van der Waals surface area contributed by atoms with Crippen molar-refractivity contribution in [3.05, 3.63) is 81.5 Å². The first-order chi connectivity index (χ1) is 14.0. The number of imidazole rings is 1. The van der Waals surface area contributed by atoms with E-state index in [4.69, 9.17) is 4.74 Å². The zero-order chi connectivity index (χ0) is 20.1. The third kappa shape index (κ3) is 2.73. The highest BCUT2D eigenvalue weighted by Gasteiger charge is 2.18. The van der Waals surface area contributed by atoms with Crippen molar-refractivity contribution in [2.75, 3.05) is 0 Å². The fourth-order valence-electron chi connectivity index (χ4n) is 3.53. The Balaban J connectivity index is 1.83. The zero-order valence-electron chi connectivity index (χ0n) is 15.2. The predicted molar refractivity (Wildman–Crippen MR) is 108 cm³/mol.